The number of piperidine rings is 1. The molecule has 1 aliphatic carbocycles. The molecular weight excluding hydrogens is 480 g/mol. The Hall–Kier alpha value is -3.86. The number of aliphatic hydroxyl groups is 1. The molecule has 3 aliphatic rings. The van der Waals surface area contributed by atoms with Gasteiger partial charge in [0.25, 0.3) is 0 Å². The topological polar surface area (TPSA) is 92.0 Å². The van der Waals surface area contributed by atoms with E-state index >= 15 is 0 Å². The Morgan fingerprint density at radius 2 is 1.58 bits per heavy atom. The van der Waals surface area contributed by atoms with Gasteiger partial charge in [0.2, 0.25) is 0 Å². The summed E-state index contributed by atoms with van der Waals surface area (Å²) in [6, 6.07) is 25.4. The summed E-state index contributed by atoms with van der Waals surface area (Å²) in [5.41, 5.74) is 4.45. The number of ether oxygens (including phenoxy) is 3. The second-order valence-corrected chi connectivity index (χ2v) is 10.3. The monoisotopic (exact) mass is 510 g/mol. The van der Waals surface area contributed by atoms with Crippen LogP contribution in [0.25, 0.3) is 11.1 Å². The van der Waals surface area contributed by atoms with Crippen LogP contribution in [0.3, 0.4) is 0 Å². The zero-order chi connectivity index (χ0) is 26.1. The minimum Gasteiger partial charge on any atom is -0.493 e. The summed E-state index contributed by atoms with van der Waals surface area (Å²) in [4.78, 5) is 15.2. The van der Waals surface area contributed by atoms with E-state index in [-0.39, 0.29) is 30.7 Å². The van der Waals surface area contributed by atoms with Crippen molar-refractivity contribution in [2.24, 2.45) is 0 Å². The van der Waals surface area contributed by atoms with Crippen LogP contribution in [0, 0.1) is 11.3 Å². The molecule has 38 heavy (non-hydrogen) atoms. The van der Waals surface area contributed by atoms with Crippen LogP contribution in [-0.4, -0.2) is 54.6 Å². The van der Waals surface area contributed by atoms with Gasteiger partial charge >= 0.3 is 6.09 Å². The van der Waals surface area contributed by atoms with Gasteiger partial charge in [-0.05, 0) is 39.9 Å². The van der Waals surface area contributed by atoms with Crippen molar-refractivity contribution in [3.8, 4) is 22.9 Å². The predicted molar refractivity (Wildman–Crippen MR) is 141 cm³/mol. The Labute approximate surface area is 222 Å². The van der Waals surface area contributed by atoms with Crippen molar-refractivity contribution in [2.75, 3.05) is 26.4 Å². The average molecular weight is 511 g/mol. The first-order valence-corrected chi connectivity index (χ1v) is 13.1. The summed E-state index contributed by atoms with van der Waals surface area (Å²) in [5, 5.41) is 20.3. The third kappa shape index (κ3) is 4.40. The number of carbonyl (C=O) groups excluding carboxylic acids is 1. The van der Waals surface area contributed by atoms with Crippen molar-refractivity contribution in [2.45, 2.75) is 42.9 Å². The molecule has 1 N–H and O–H groups in total. The van der Waals surface area contributed by atoms with Crippen molar-refractivity contribution in [1.29, 1.82) is 5.26 Å². The predicted octanol–water partition coefficient (Wildman–Crippen LogP) is 4.98. The molecule has 6 rings (SSSR count). The molecule has 2 unspecified atom stereocenters. The number of morpholine rings is 1. The summed E-state index contributed by atoms with van der Waals surface area (Å²) in [6.45, 7) is 1.31. The molecule has 7 nitrogen and oxygen atoms in total. The molecule has 2 atom stereocenters. The first kappa shape index (κ1) is 24.5. The lowest BCUT2D eigenvalue weighted by Crippen LogP contribution is -2.62. The summed E-state index contributed by atoms with van der Waals surface area (Å²) in [6.07, 6.45) is 0.694. The van der Waals surface area contributed by atoms with Crippen molar-refractivity contribution >= 4 is 6.09 Å². The Kier molecular flexibility index (Phi) is 6.52. The number of benzene rings is 3. The molecular formula is C31H30N2O5. The smallest absolute Gasteiger partial charge is 0.410 e. The van der Waals surface area contributed by atoms with Gasteiger partial charge in [0.1, 0.15) is 19.0 Å². The third-order valence-electron chi connectivity index (χ3n) is 7.98. The molecule has 0 spiro atoms. The van der Waals surface area contributed by atoms with Gasteiger partial charge in [0.15, 0.2) is 0 Å². The Balaban J connectivity index is 1.15. The van der Waals surface area contributed by atoms with Crippen LogP contribution in [0.2, 0.25) is 0 Å². The van der Waals surface area contributed by atoms with Gasteiger partial charge in [-0.3, -0.25) is 4.90 Å². The fourth-order valence-electron chi connectivity index (χ4n) is 6.25. The van der Waals surface area contributed by atoms with Crippen molar-refractivity contribution in [1.82, 2.24) is 4.90 Å². The number of amides is 1. The zero-order valence-corrected chi connectivity index (χ0v) is 21.1. The number of rotatable bonds is 6. The second kappa shape index (κ2) is 10.1. The molecule has 2 saturated heterocycles. The van der Waals surface area contributed by atoms with Gasteiger partial charge in [-0.1, -0.05) is 60.7 Å². The molecule has 2 fully saturated rings. The van der Waals surface area contributed by atoms with Gasteiger partial charge < -0.3 is 19.3 Å². The van der Waals surface area contributed by atoms with Crippen LogP contribution in [0.5, 0.6) is 5.75 Å². The van der Waals surface area contributed by atoms with E-state index in [2.05, 4.69) is 30.3 Å². The Morgan fingerprint density at radius 3 is 2.18 bits per heavy atom. The van der Waals surface area contributed by atoms with Gasteiger partial charge in [-0.25, -0.2) is 4.79 Å². The molecule has 2 bridgehead atoms. The highest BCUT2D eigenvalue weighted by Crippen LogP contribution is 2.45. The van der Waals surface area contributed by atoms with Crippen LogP contribution in [0.1, 0.15) is 41.9 Å². The van der Waals surface area contributed by atoms with E-state index in [1.54, 1.807) is 4.90 Å². The van der Waals surface area contributed by atoms with E-state index in [1.807, 2.05) is 48.5 Å². The average Bonchev–Trinajstić information content (AvgIpc) is 3.25. The summed E-state index contributed by atoms with van der Waals surface area (Å²) in [7, 11) is 0. The minimum absolute atomic E-state index is 0.00180. The van der Waals surface area contributed by atoms with Gasteiger partial charge in [0.05, 0.1) is 43.4 Å². The summed E-state index contributed by atoms with van der Waals surface area (Å²) in [5.74, 6) is 0.658. The van der Waals surface area contributed by atoms with Crippen LogP contribution in [0.4, 0.5) is 4.79 Å². The minimum atomic E-state index is -1.08. The van der Waals surface area contributed by atoms with Gasteiger partial charge in [-0.15, -0.1) is 0 Å². The van der Waals surface area contributed by atoms with Crippen LogP contribution in [0.15, 0.2) is 72.8 Å². The maximum Gasteiger partial charge on any atom is 0.410 e. The Bertz CT molecular complexity index is 1310. The van der Waals surface area contributed by atoms with E-state index in [9.17, 15) is 9.90 Å². The summed E-state index contributed by atoms with van der Waals surface area (Å²) >= 11 is 0. The highest BCUT2D eigenvalue weighted by atomic mass is 16.6. The third-order valence-corrected chi connectivity index (χ3v) is 7.98. The largest absolute Gasteiger partial charge is 0.493 e. The molecule has 2 aliphatic heterocycles. The highest BCUT2D eigenvalue weighted by Gasteiger charge is 2.49. The van der Waals surface area contributed by atoms with E-state index in [4.69, 9.17) is 19.5 Å². The van der Waals surface area contributed by atoms with Crippen LogP contribution < -0.4 is 4.74 Å². The van der Waals surface area contributed by atoms with Crippen molar-refractivity contribution in [3.63, 3.8) is 0 Å². The van der Waals surface area contributed by atoms with Crippen LogP contribution >= 0.6 is 0 Å². The first-order valence-electron chi connectivity index (χ1n) is 13.1. The molecule has 3 aromatic rings. The van der Waals surface area contributed by atoms with Gasteiger partial charge in [-0.2, -0.15) is 5.26 Å². The zero-order valence-electron chi connectivity index (χ0n) is 21.1. The molecule has 0 saturated carbocycles. The standard InChI is InChI=1S/C31H30N2O5/c32-14-5-15-37-24-12-10-21(11-13-24)31(35)16-22-18-36-19-23(17-31)33(22)30(34)38-20-29-27-8-3-1-6-25(27)26-7-2-4-9-28(26)29/h1-4,6-13,22-23,29,35H,5,15-20H2. The fraction of sp³-hybridized carbons (Fsp3) is 0.355. The second-order valence-electron chi connectivity index (χ2n) is 10.3. The lowest BCUT2D eigenvalue weighted by atomic mass is 9.77. The van der Waals surface area contributed by atoms with Crippen molar-refractivity contribution in [3.05, 3.63) is 89.5 Å². The normalized spacial score (nSPS) is 23.7. The quantitative estimate of drug-likeness (QED) is 0.471. The van der Waals surface area contributed by atoms with E-state index in [0.29, 0.717) is 44.8 Å². The fourth-order valence-corrected chi connectivity index (χ4v) is 6.25. The first-order chi connectivity index (χ1) is 18.6. The van der Waals surface area contributed by atoms with E-state index in [1.165, 1.54) is 22.3 Å². The SMILES string of the molecule is N#CCCOc1ccc(C2(O)CC3COCC(C2)N3C(=O)OCC2c3ccccc3-c3ccccc32)cc1. The maximum absolute atomic E-state index is 13.4. The molecule has 3 aromatic carbocycles. The van der Waals surface area contributed by atoms with Crippen LogP contribution in [-0.2, 0) is 15.1 Å². The van der Waals surface area contributed by atoms with E-state index in [0.717, 1.165) is 5.56 Å². The number of carbonyl (C=O) groups is 1. The number of nitriles is 1. The molecule has 194 valence electrons. The highest BCUT2D eigenvalue weighted by molar-refractivity contribution is 5.79. The lowest BCUT2D eigenvalue weighted by Gasteiger charge is -2.51. The number of hydrogen-bond donors (Lipinski definition) is 1. The number of hydrogen-bond acceptors (Lipinski definition) is 6. The lowest BCUT2D eigenvalue weighted by molar-refractivity contribution is -0.136. The molecule has 1 amide bonds. The maximum atomic E-state index is 13.4. The number of fused-ring (bicyclic) bond motifs is 5. The van der Waals surface area contributed by atoms with E-state index < -0.39 is 5.60 Å². The number of nitrogens with zero attached hydrogens (tertiary/aromatic N) is 2. The van der Waals surface area contributed by atoms with Crippen molar-refractivity contribution < 1.29 is 24.1 Å². The summed E-state index contributed by atoms with van der Waals surface area (Å²) < 4.78 is 17.3. The molecule has 0 aromatic heterocycles. The molecule has 7 heteroatoms. The molecule has 2 heterocycles. The Morgan fingerprint density at radius 1 is 0.974 bits per heavy atom. The van der Waals surface area contributed by atoms with Gasteiger partial charge in [0, 0.05) is 18.8 Å². The molecule has 0 radical (unpaired) electrons.